The molecule has 8 nitrogen and oxygen atoms in total. The van der Waals surface area contributed by atoms with Gasteiger partial charge >= 0.3 is 6.18 Å². The molecule has 1 fully saturated rings. The number of aromatic nitrogens is 3. The Morgan fingerprint density at radius 2 is 1.94 bits per heavy atom. The van der Waals surface area contributed by atoms with Gasteiger partial charge in [0.05, 0.1) is 11.8 Å². The van der Waals surface area contributed by atoms with Crippen LogP contribution in [0.4, 0.5) is 19.0 Å². The molecule has 0 bridgehead atoms. The minimum Gasteiger partial charge on any atom is -0.459 e. The van der Waals surface area contributed by atoms with Crippen LogP contribution >= 0.6 is 0 Å². The van der Waals surface area contributed by atoms with Gasteiger partial charge in [-0.1, -0.05) is 24.2 Å². The molecule has 36 heavy (non-hydrogen) atoms. The van der Waals surface area contributed by atoms with Crippen molar-refractivity contribution in [2.45, 2.75) is 32.4 Å². The summed E-state index contributed by atoms with van der Waals surface area (Å²) in [5, 5.41) is 4.56. The van der Waals surface area contributed by atoms with Crippen LogP contribution in [-0.4, -0.2) is 52.1 Å². The second-order valence-corrected chi connectivity index (χ2v) is 8.61. The highest BCUT2D eigenvalue weighted by Gasteiger charge is 2.32. The Morgan fingerprint density at radius 3 is 2.69 bits per heavy atom. The summed E-state index contributed by atoms with van der Waals surface area (Å²) in [5.74, 6) is 1.21. The van der Waals surface area contributed by atoms with E-state index in [1.54, 1.807) is 23.1 Å². The Morgan fingerprint density at radius 1 is 1.08 bits per heavy atom. The molecule has 0 saturated carbocycles. The average molecular weight is 499 g/mol. The number of rotatable bonds is 5. The number of carbonyl (C=O) groups is 1. The van der Waals surface area contributed by atoms with Gasteiger partial charge in [-0.2, -0.15) is 18.2 Å². The number of anilines is 1. The van der Waals surface area contributed by atoms with Crippen LogP contribution in [0.15, 0.2) is 51.6 Å². The Kier molecular flexibility index (Phi) is 6.38. The van der Waals surface area contributed by atoms with E-state index in [4.69, 9.17) is 13.9 Å². The third-order valence-electron chi connectivity index (χ3n) is 6.11. The van der Waals surface area contributed by atoms with E-state index >= 15 is 0 Å². The van der Waals surface area contributed by atoms with Gasteiger partial charge in [0.2, 0.25) is 0 Å². The molecule has 0 aliphatic carbocycles. The Bertz CT molecular complexity index is 1370. The molecular formula is C25H24F3N5O3. The number of benzene rings is 1. The molecule has 5 rings (SSSR count). The van der Waals surface area contributed by atoms with Crippen molar-refractivity contribution >= 4 is 22.8 Å². The standard InChI is InChI=1S/C25H24F3N5O3/c1-2-6-19-29-22(32-10-5-11-33(13-12-32)24(34)18-9-4-14-35-18)20-21(31-36-23(20)30-19)16-7-3-8-17(15-16)25(26,27)28/h3-4,7-9,14-15H,2,5-6,10-13H2,1H3. The number of amides is 1. The number of alkyl halides is 3. The molecule has 1 aromatic carbocycles. The predicted octanol–water partition coefficient (Wildman–Crippen LogP) is 5.20. The molecule has 11 heteroatoms. The summed E-state index contributed by atoms with van der Waals surface area (Å²) < 4.78 is 50.9. The lowest BCUT2D eigenvalue weighted by molar-refractivity contribution is -0.137. The van der Waals surface area contributed by atoms with Crippen molar-refractivity contribution in [2.75, 3.05) is 31.1 Å². The van der Waals surface area contributed by atoms with Gasteiger partial charge in [0.15, 0.2) is 5.76 Å². The lowest BCUT2D eigenvalue weighted by Crippen LogP contribution is -2.35. The summed E-state index contributed by atoms with van der Waals surface area (Å²) in [5.41, 5.74) is -0.0327. The van der Waals surface area contributed by atoms with Gasteiger partial charge in [-0.25, -0.2) is 4.98 Å². The van der Waals surface area contributed by atoms with Gasteiger partial charge < -0.3 is 18.7 Å². The highest BCUT2D eigenvalue weighted by Crippen LogP contribution is 2.37. The Balaban J connectivity index is 1.53. The van der Waals surface area contributed by atoms with Crippen LogP contribution in [-0.2, 0) is 12.6 Å². The summed E-state index contributed by atoms with van der Waals surface area (Å²) in [4.78, 5) is 25.8. The van der Waals surface area contributed by atoms with Gasteiger partial charge in [-0.15, -0.1) is 0 Å². The lowest BCUT2D eigenvalue weighted by atomic mass is 10.1. The average Bonchev–Trinajstić information content (AvgIpc) is 3.48. The summed E-state index contributed by atoms with van der Waals surface area (Å²) in [6, 6.07) is 8.27. The first kappa shape index (κ1) is 23.8. The van der Waals surface area contributed by atoms with Crippen molar-refractivity contribution in [1.82, 2.24) is 20.0 Å². The minimum atomic E-state index is -4.49. The third-order valence-corrected chi connectivity index (χ3v) is 6.11. The normalized spacial score (nSPS) is 14.9. The molecule has 0 radical (unpaired) electrons. The maximum atomic E-state index is 13.4. The van der Waals surface area contributed by atoms with Gasteiger partial charge in [-0.05, 0) is 37.1 Å². The van der Waals surface area contributed by atoms with Crippen molar-refractivity contribution in [3.05, 3.63) is 59.8 Å². The number of halogens is 3. The zero-order valence-corrected chi connectivity index (χ0v) is 19.6. The summed E-state index contributed by atoms with van der Waals surface area (Å²) in [7, 11) is 0. The molecule has 0 unspecified atom stereocenters. The SMILES string of the molecule is CCCc1nc(N2CCCN(C(=O)c3ccco3)CC2)c2c(-c3cccc(C(F)(F)F)c3)noc2n1. The number of furan rings is 1. The molecule has 0 N–H and O–H groups in total. The molecule has 1 amide bonds. The van der Waals surface area contributed by atoms with Crippen LogP contribution in [0.25, 0.3) is 22.4 Å². The number of nitrogens with zero attached hydrogens (tertiary/aromatic N) is 5. The van der Waals surface area contributed by atoms with E-state index < -0.39 is 11.7 Å². The molecule has 1 aliphatic rings. The maximum absolute atomic E-state index is 13.4. The summed E-state index contributed by atoms with van der Waals surface area (Å²) >= 11 is 0. The van der Waals surface area contributed by atoms with E-state index in [1.165, 1.54) is 12.3 Å². The van der Waals surface area contributed by atoms with Crippen molar-refractivity contribution < 1.29 is 26.9 Å². The van der Waals surface area contributed by atoms with Crippen LogP contribution in [0.1, 0.15) is 41.7 Å². The fourth-order valence-corrected chi connectivity index (χ4v) is 4.37. The fourth-order valence-electron chi connectivity index (χ4n) is 4.37. The van der Waals surface area contributed by atoms with E-state index in [2.05, 4.69) is 10.1 Å². The quantitative estimate of drug-likeness (QED) is 0.373. The highest BCUT2D eigenvalue weighted by atomic mass is 19.4. The third kappa shape index (κ3) is 4.65. The molecule has 188 valence electrons. The zero-order chi connectivity index (χ0) is 25.3. The Labute approximate surface area is 204 Å². The second-order valence-electron chi connectivity index (χ2n) is 8.61. The van der Waals surface area contributed by atoms with E-state index in [0.717, 1.165) is 18.6 Å². The number of carbonyl (C=O) groups excluding carboxylic acids is 1. The first-order chi connectivity index (χ1) is 17.3. The molecule has 1 aliphatic heterocycles. The molecule has 0 spiro atoms. The van der Waals surface area contributed by atoms with Crippen LogP contribution < -0.4 is 4.90 Å². The van der Waals surface area contributed by atoms with Gasteiger partial charge in [0.25, 0.3) is 11.6 Å². The van der Waals surface area contributed by atoms with E-state index in [1.807, 2.05) is 11.8 Å². The number of hydrogen-bond donors (Lipinski definition) is 0. The number of hydrogen-bond acceptors (Lipinski definition) is 7. The van der Waals surface area contributed by atoms with E-state index in [-0.39, 0.29) is 28.6 Å². The zero-order valence-electron chi connectivity index (χ0n) is 19.6. The van der Waals surface area contributed by atoms with Crippen LogP contribution in [0.2, 0.25) is 0 Å². The first-order valence-electron chi connectivity index (χ1n) is 11.8. The van der Waals surface area contributed by atoms with Crippen LogP contribution in [0.5, 0.6) is 0 Å². The summed E-state index contributed by atoms with van der Waals surface area (Å²) in [6.45, 7) is 4.03. The van der Waals surface area contributed by atoms with E-state index in [9.17, 15) is 18.0 Å². The highest BCUT2D eigenvalue weighted by molar-refractivity contribution is 5.98. The number of aryl methyl sites for hydroxylation is 1. The van der Waals surface area contributed by atoms with Gasteiger partial charge in [0, 0.05) is 38.2 Å². The minimum absolute atomic E-state index is 0.184. The van der Waals surface area contributed by atoms with E-state index in [0.29, 0.717) is 56.0 Å². The van der Waals surface area contributed by atoms with Crippen molar-refractivity contribution in [3.63, 3.8) is 0 Å². The van der Waals surface area contributed by atoms with Crippen molar-refractivity contribution in [1.29, 1.82) is 0 Å². The van der Waals surface area contributed by atoms with Gasteiger partial charge in [0.1, 0.15) is 22.7 Å². The van der Waals surface area contributed by atoms with Gasteiger partial charge in [-0.3, -0.25) is 4.79 Å². The smallest absolute Gasteiger partial charge is 0.416 e. The molecule has 3 aromatic heterocycles. The van der Waals surface area contributed by atoms with Crippen molar-refractivity contribution in [2.24, 2.45) is 0 Å². The van der Waals surface area contributed by atoms with Crippen LogP contribution in [0.3, 0.4) is 0 Å². The molecule has 4 aromatic rings. The predicted molar refractivity (Wildman–Crippen MR) is 125 cm³/mol. The molecule has 0 atom stereocenters. The lowest BCUT2D eigenvalue weighted by Gasteiger charge is -2.23. The topological polar surface area (TPSA) is 88.5 Å². The molecule has 1 saturated heterocycles. The summed E-state index contributed by atoms with van der Waals surface area (Å²) in [6.07, 6.45) is -0.931. The fraction of sp³-hybridized carbons (Fsp3) is 0.360. The van der Waals surface area contributed by atoms with Crippen molar-refractivity contribution in [3.8, 4) is 11.3 Å². The molecule has 4 heterocycles. The van der Waals surface area contributed by atoms with Crippen LogP contribution in [0, 0.1) is 0 Å². The first-order valence-corrected chi connectivity index (χ1v) is 11.8. The monoisotopic (exact) mass is 499 g/mol. The maximum Gasteiger partial charge on any atom is 0.416 e. The second kappa shape index (κ2) is 9.63. The number of fused-ring (bicyclic) bond motifs is 1. The largest absolute Gasteiger partial charge is 0.459 e. The Hall–Kier alpha value is -3.89. The molecular weight excluding hydrogens is 475 g/mol.